The zero-order valence-electron chi connectivity index (χ0n) is 32.9. The number of halogens is 4. The van der Waals surface area contributed by atoms with Crippen molar-refractivity contribution < 1.29 is 47.8 Å². The molecule has 12 heteroatoms. The van der Waals surface area contributed by atoms with Gasteiger partial charge < -0.3 is 10.2 Å². The maximum atomic E-state index is 16.8. The first-order valence-electron chi connectivity index (χ1n) is 19.9. The van der Waals surface area contributed by atoms with E-state index in [0.29, 0.717) is 49.7 Å². The molecule has 0 spiro atoms. The van der Waals surface area contributed by atoms with E-state index in [1.165, 1.54) is 24.3 Å². The fourth-order valence-electron chi connectivity index (χ4n) is 13.9. The van der Waals surface area contributed by atoms with E-state index in [2.05, 4.69) is 0 Å². The second-order valence-corrected chi connectivity index (χ2v) is 19.6. The SMILES string of the molecule is C[C@H]1C[C@H]2[C@@H]3CCC4=CC(=O)C=C[C@]4(C)[C@@]3(F)C(=O)C[C@]2(C)[C@@]1(O)C(=O)CCl.C[C@H]1C[C@H]2[C@@H]3CCC4=CC(=O)C=C[C@]4(C)[C@@]3(F)C(=O)C[C@]2(C)[C@@]1(O)C(=O)CCl. The summed E-state index contributed by atoms with van der Waals surface area (Å²) in [6, 6.07) is 0. The van der Waals surface area contributed by atoms with Crippen LogP contribution >= 0.6 is 23.2 Å². The lowest BCUT2D eigenvalue weighted by molar-refractivity contribution is -0.185. The third kappa shape index (κ3) is 4.76. The van der Waals surface area contributed by atoms with Gasteiger partial charge in [0.1, 0.15) is 11.2 Å². The number of fused-ring (bicyclic) bond motifs is 10. The van der Waals surface area contributed by atoms with Crippen molar-refractivity contribution in [1.29, 1.82) is 0 Å². The Labute approximate surface area is 336 Å². The minimum atomic E-state index is -2.15. The third-order valence-corrected chi connectivity index (χ3v) is 17.5. The Kier molecular flexibility index (Phi) is 9.57. The molecule has 0 aromatic carbocycles. The lowest BCUT2D eigenvalue weighted by Gasteiger charge is -2.59. The standard InChI is InChI=1S/2C22H26ClFO4/c2*1-12-8-16-15-5-4-13-9-14(25)6-7-19(13,2)21(15,24)17(26)10-20(16,3)22(12,28)18(27)11-23/h2*6-7,9,12,15-16,28H,4-5,8,10-11H2,1-3H3/t2*12-,15-,16-,19-,20-,21-,22-/m00/s1. The lowest BCUT2D eigenvalue weighted by Crippen LogP contribution is -2.68. The quantitative estimate of drug-likeness (QED) is 0.299. The van der Waals surface area contributed by atoms with E-state index >= 15 is 8.78 Å². The normalized spacial score (nSPS) is 49.9. The summed E-state index contributed by atoms with van der Waals surface area (Å²) in [7, 11) is 0. The molecule has 56 heavy (non-hydrogen) atoms. The van der Waals surface area contributed by atoms with Crippen LogP contribution in [-0.2, 0) is 28.8 Å². The van der Waals surface area contributed by atoms with Gasteiger partial charge in [0.05, 0.1) is 11.8 Å². The van der Waals surface area contributed by atoms with Crippen molar-refractivity contribution in [3.63, 3.8) is 0 Å². The van der Waals surface area contributed by atoms with Crippen molar-refractivity contribution in [3.8, 4) is 0 Å². The molecule has 6 saturated carbocycles. The van der Waals surface area contributed by atoms with Gasteiger partial charge in [0.25, 0.3) is 0 Å². The Hall–Kier alpha value is -2.66. The molecule has 0 saturated heterocycles. The smallest absolute Gasteiger partial charge is 0.184 e. The number of aliphatic hydroxyl groups is 2. The van der Waals surface area contributed by atoms with Crippen LogP contribution in [0.2, 0.25) is 0 Å². The van der Waals surface area contributed by atoms with Crippen LogP contribution in [0.1, 0.15) is 92.9 Å². The van der Waals surface area contributed by atoms with E-state index in [1.807, 2.05) is 0 Å². The summed E-state index contributed by atoms with van der Waals surface area (Å²) < 4.78 is 33.6. The molecular formula is C44H52Cl2F2O8. The second-order valence-electron chi connectivity index (χ2n) is 19.1. The van der Waals surface area contributed by atoms with Gasteiger partial charge in [-0.15, -0.1) is 23.2 Å². The van der Waals surface area contributed by atoms with Crippen LogP contribution in [-0.4, -0.2) is 79.2 Å². The molecule has 0 aromatic heterocycles. The maximum absolute atomic E-state index is 16.8. The highest BCUT2D eigenvalue weighted by Gasteiger charge is 2.77. The van der Waals surface area contributed by atoms with Crippen LogP contribution in [0.4, 0.5) is 8.78 Å². The fraction of sp³-hybridized carbons (Fsp3) is 0.682. The Morgan fingerprint density at radius 3 is 1.32 bits per heavy atom. The summed E-state index contributed by atoms with van der Waals surface area (Å²) in [6.07, 6.45) is 11.1. The molecule has 0 bridgehead atoms. The van der Waals surface area contributed by atoms with E-state index in [9.17, 15) is 39.0 Å². The third-order valence-electron chi connectivity index (χ3n) is 17.1. The number of carbonyl (C=O) groups excluding carboxylic acids is 6. The first-order valence-corrected chi connectivity index (χ1v) is 21.0. The summed E-state index contributed by atoms with van der Waals surface area (Å²) in [4.78, 5) is 75.7. The second kappa shape index (κ2) is 12.9. The molecule has 0 radical (unpaired) electrons. The van der Waals surface area contributed by atoms with Crippen molar-refractivity contribution in [2.75, 3.05) is 11.8 Å². The highest BCUT2D eigenvalue weighted by Crippen LogP contribution is 2.71. The molecule has 8 rings (SSSR count). The number of hydrogen-bond acceptors (Lipinski definition) is 8. The van der Waals surface area contributed by atoms with Crippen molar-refractivity contribution >= 4 is 57.9 Å². The van der Waals surface area contributed by atoms with Gasteiger partial charge in [0, 0.05) is 46.3 Å². The minimum Gasteiger partial charge on any atom is -0.381 e. The van der Waals surface area contributed by atoms with Crippen LogP contribution in [0.25, 0.3) is 0 Å². The van der Waals surface area contributed by atoms with Crippen LogP contribution in [0.15, 0.2) is 47.6 Å². The molecule has 0 heterocycles. The van der Waals surface area contributed by atoms with Gasteiger partial charge in [-0.05, 0) is 100 Å². The van der Waals surface area contributed by atoms with Crippen molar-refractivity contribution in [3.05, 3.63) is 47.6 Å². The Balaban J connectivity index is 0.000000172. The van der Waals surface area contributed by atoms with Crippen molar-refractivity contribution in [2.24, 2.45) is 57.2 Å². The highest BCUT2D eigenvalue weighted by molar-refractivity contribution is 6.29. The fourth-order valence-corrected chi connectivity index (χ4v) is 14.3. The van der Waals surface area contributed by atoms with E-state index in [1.54, 1.807) is 53.7 Å². The molecule has 8 aliphatic carbocycles. The molecule has 8 aliphatic rings. The van der Waals surface area contributed by atoms with Gasteiger partial charge in [0.2, 0.25) is 0 Å². The van der Waals surface area contributed by atoms with Crippen LogP contribution < -0.4 is 0 Å². The molecule has 0 amide bonds. The Morgan fingerprint density at radius 1 is 0.661 bits per heavy atom. The zero-order chi connectivity index (χ0) is 41.4. The zero-order valence-corrected chi connectivity index (χ0v) is 34.4. The molecular weight excluding hydrogens is 765 g/mol. The molecule has 2 N–H and O–H groups in total. The minimum absolute atomic E-state index is 0.181. The summed E-state index contributed by atoms with van der Waals surface area (Å²) >= 11 is 11.6. The first-order chi connectivity index (χ1) is 25.9. The van der Waals surface area contributed by atoms with E-state index in [0.717, 1.165) is 0 Å². The van der Waals surface area contributed by atoms with E-state index < -0.39 is 91.0 Å². The predicted octanol–water partition coefficient (Wildman–Crippen LogP) is 6.70. The molecule has 304 valence electrons. The van der Waals surface area contributed by atoms with Gasteiger partial charge in [-0.25, -0.2) is 8.78 Å². The van der Waals surface area contributed by atoms with Crippen LogP contribution in [0.3, 0.4) is 0 Å². The van der Waals surface area contributed by atoms with Gasteiger partial charge in [-0.2, -0.15) is 0 Å². The highest BCUT2D eigenvalue weighted by atomic mass is 35.5. The lowest BCUT2D eigenvalue weighted by atomic mass is 9.45. The molecule has 0 unspecified atom stereocenters. The molecule has 6 fully saturated rings. The molecule has 0 aromatic rings. The summed E-state index contributed by atoms with van der Waals surface area (Å²) in [5, 5.41) is 22.9. The average molecular weight is 818 g/mol. The van der Waals surface area contributed by atoms with Gasteiger partial charge >= 0.3 is 0 Å². The Morgan fingerprint density at radius 2 is 1.00 bits per heavy atom. The number of carbonyl (C=O) groups is 6. The Bertz CT molecular complexity index is 1840. The number of rotatable bonds is 4. The summed E-state index contributed by atoms with van der Waals surface area (Å²) in [5.41, 5.74) is -10.8. The van der Waals surface area contributed by atoms with Crippen LogP contribution in [0, 0.1) is 57.2 Å². The number of allylic oxidation sites excluding steroid dienone is 8. The molecule has 14 atom stereocenters. The predicted molar refractivity (Wildman–Crippen MR) is 205 cm³/mol. The van der Waals surface area contributed by atoms with Gasteiger partial charge in [-0.3, -0.25) is 28.8 Å². The van der Waals surface area contributed by atoms with E-state index in [-0.39, 0.29) is 48.0 Å². The maximum Gasteiger partial charge on any atom is 0.184 e. The van der Waals surface area contributed by atoms with Crippen molar-refractivity contribution in [1.82, 2.24) is 0 Å². The first kappa shape index (κ1) is 41.5. The number of alkyl halides is 4. The van der Waals surface area contributed by atoms with Crippen molar-refractivity contribution in [2.45, 2.75) is 115 Å². The van der Waals surface area contributed by atoms with Gasteiger partial charge in [0.15, 0.2) is 46.0 Å². The van der Waals surface area contributed by atoms with Gasteiger partial charge in [-0.1, -0.05) is 51.0 Å². The summed E-state index contributed by atoms with van der Waals surface area (Å²) in [5.74, 6) is -5.84. The average Bonchev–Trinajstić information content (AvgIpc) is 3.48. The number of hydrogen-bond donors (Lipinski definition) is 2. The molecule has 0 aliphatic heterocycles. The molecule has 8 nitrogen and oxygen atoms in total. The number of Topliss-reactive ketones (excluding diaryl/α,β-unsaturated/α-hetero) is 4. The van der Waals surface area contributed by atoms with Crippen LogP contribution in [0.5, 0.6) is 0 Å². The summed E-state index contributed by atoms with van der Waals surface area (Å²) in [6.45, 7) is 10.5. The topological polar surface area (TPSA) is 143 Å². The largest absolute Gasteiger partial charge is 0.381 e. The monoisotopic (exact) mass is 816 g/mol. The van der Waals surface area contributed by atoms with E-state index in [4.69, 9.17) is 23.2 Å². The number of ketones is 6.